The molecule has 0 radical (unpaired) electrons. The molecule has 4 nitrogen and oxygen atoms in total. The zero-order chi connectivity index (χ0) is 9.98. The molecule has 0 amide bonds. The summed E-state index contributed by atoms with van der Waals surface area (Å²) in [7, 11) is -0.483. The third-order valence-electron chi connectivity index (χ3n) is 0.695. The molecule has 0 aliphatic carbocycles. The molecule has 0 saturated carbocycles. The summed E-state index contributed by atoms with van der Waals surface area (Å²) >= 11 is 0. The molecule has 0 aromatic rings. The van der Waals surface area contributed by atoms with Gasteiger partial charge in [-0.1, -0.05) is 0 Å². The van der Waals surface area contributed by atoms with Gasteiger partial charge in [0.2, 0.25) is 9.76 Å². The molecule has 0 aliphatic rings. The number of ether oxygens (including phenoxy) is 1. The first-order valence-electron chi connectivity index (χ1n) is 3.81. The summed E-state index contributed by atoms with van der Waals surface area (Å²) in [6.45, 7) is 7.00. The predicted octanol–water partition coefficient (Wildman–Crippen LogP) is 0.251. The number of hydrogen-bond donors (Lipinski definition) is 0. The number of rotatable bonds is 2. The molecule has 0 unspecified atom stereocenters. The SMILES string of the molecule is CCOC(C)=O.C[SiH2]OC(C)=O. The van der Waals surface area contributed by atoms with Crippen LogP contribution in [0.3, 0.4) is 0 Å². The maximum absolute atomic E-state index is 9.86. The van der Waals surface area contributed by atoms with Crippen molar-refractivity contribution in [2.75, 3.05) is 6.61 Å². The first kappa shape index (κ1) is 13.7. The van der Waals surface area contributed by atoms with E-state index in [0.717, 1.165) is 0 Å². The van der Waals surface area contributed by atoms with Crippen molar-refractivity contribution in [1.82, 2.24) is 0 Å². The van der Waals surface area contributed by atoms with Crippen LogP contribution in [0.5, 0.6) is 0 Å². The van der Waals surface area contributed by atoms with Crippen LogP contribution >= 0.6 is 0 Å². The molecule has 0 bridgehead atoms. The van der Waals surface area contributed by atoms with Gasteiger partial charge in [0.15, 0.2) is 0 Å². The molecule has 5 heteroatoms. The Morgan fingerprint density at radius 1 is 1.25 bits per heavy atom. The molecule has 0 aromatic heterocycles. The van der Waals surface area contributed by atoms with E-state index in [1.54, 1.807) is 6.92 Å². The largest absolute Gasteiger partial charge is 0.525 e. The van der Waals surface area contributed by atoms with Crippen LogP contribution in [0.2, 0.25) is 6.55 Å². The lowest BCUT2D eigenvalue weighted by Gasteiger charge is -1.89. The van der Waals surface area contributed by atoms with Gasteiger partial charge in [-0.3, -0.25) is 9.59 Å². The number of carbonyl (C=O) groups is 2. The zero-order valence-electron chi connectivity index (χ0n) is 8.05. The standard InChI is InChI=1S/C4H8O2.C3H8O2Si/c1-3-6-4(2)5;1-3(4)5-6-2/h3H2,1-2H3;6H2,1-2H3. The van der Waals surface area contributed by atoms with Gasteiger partial charge in [-0.25, -0.2) is 0 Å². The van der Waals surface area contributed by atoms with Gasteiger partial charge in [-0.15, -0.1) is 0 Å². The van der Waals surface area contributed by atoms with E-state index < -0.39 is 9.76 Å². The smallest absolute Gasteiger partial charge is 0.302 e. The fourth-order valence-corrected chi connectivity index (χ4v) is 0.813. The fourth-order valence-electron chi connectivity index (χ4n) is 0.407. The van der Waals surface area contributed by atoms with Crippen LogP contribution in [0.15, 0.2) is 0 Å². The van der Waals surface area contributed by atoms with Crippen LogP contribution in [0, 0.1) is 0 Å². The summed E-state index contributed by atoms with van der Waals surface area (Å²) in [6.07, 6.45) is 0. The lowest BCUT2D eigenvalue weighted by Crippen LogP contribution is -1.98. The van der Waals surface area contributed by atoms with E-state index in [4.69, 9.17) is 0 Å². The minimum atomic E-state index is -0.483. The van der Waals surface area contributed by atoms with Gasteiger partial charge in [-0.05, 0) is 13.5 Å². The summed E-state index contributed by atoms with van der Waals surface area (Å²) in [5, 5.41) is 0. The van der Waals surface area contributed by atoms with Gasteiger partial charge in [0.25, 0.3) is 5.97 Å². The first-order valence-corrected chi connectivity index (χ1v) is 5.80. The van der Waals surface area contributed by atoms with Gasteiger partial charge >= 0.3 is 5.97 Å². The second-order valence-corrected chi connectivity index (χ2v) is 2.72. The molecule has 72 valence electrons. The van der Waals surface area contributed by atoms with Crippen molar-refractivity contribution >= 4 is 21.7 Å². The summed E-state index contributed by atoms with van der Waals surface area (Å²) in [6, 6.07) is 0. The Labute approximate surface area is 75.2 Å². The first-order chi connectivity index (χ1) is 5.54. The lowest BCUT2D eigenvalue weighted by molar-refractivity contribution is -0.140. The normalized spacial score (nSPS) is 8.67. The predicted molar refractivity (Wildman–Crippen MR) is 48.5 cm³/mol. The van der Waals surface area contributed by atoms with Crippen LogP contribution < -0.4 is 0 Å². The zero-order valence-corrected chi connectivity index (χ0v) is 9.46. The quantitative estimate of drug-likeness (QED) is 0.465. The van der Waals surface area contributed by atoms with Crippen molar-refractivity contribution in [2.24, 2.45) is 0 Å². The third kappa shape index (κ3) is 22.9. The van der Waals surface area contributed by atoms with Gasteiger partial charge in [0.05, 0.1) is 6.61 Å². The molecular formula is C7H16O4Si. The van der Waals surface area contributed by atoms with E-state index in [1.807, 2.05) is 6.55 Å². The fraction of sp³-hybridized carbons (Fsp3) is 0.714. The highest BCUT2D eigenvalue weighted by atomic mass is 28.2. The highest BCUT2D eigenvalue weighted by Crippen LogP contribution is 1.69. The Morgan fingerprint density at radius 2 is 1.75 bits per heavy atom. The van der Waals surface area contributed by atoms with Crippen LogP contribution in [0.4, 0.5) is 0 Å². The van der Waals surface area contributed by atoms with E-state index >= 15 is 0 Å². The van der Waals surface area contributed by atoms with Crippen molar-refractivity contribution in [2.45, 2.75) is 27.3 Å². The van der Waals surface area contributed by atoms with Crippen LogP contribution in [0.1, 0.15) is 20.8 Å². The highest BCUT2D eigenvalue weighted by Gasteiger charge is 1.82. The molecule has 12 heavy (non-hydrogen) atoms. The van der Waals surface area contributed by atoms with Crippen LogP contribution in [0.25, 0.3) is 0 Å². The average Bonchev–Trinajstić information content (AvgIpc) is 1.87. The maximum atomic E-state index is 9.86. The number of hydrogen-bond acceptors (Lipinski definition) is 4. The second kappa shape index (κ2) is 10.2. The van der Waals surface area contributed by atoms with Crippen molar-refractivity contribution in [3.05, 3.63) is 0 Å². The highest BCUT2D eigenvalue weighted by molar-refractivity contribution is 6.28. The summed E-state index contributed by atoms with van der Waals surface area (Å²) in [4.78, 5) is 19.7. The van der Waals surface area contributed by atoms with Gasteiger partial charge < -0.3 is 9.16 Å². The van der Waals surface area contributed by atoms with Gasteiger partial charge in [-0.2, -0.15) is 0 Å². The molecule has 0 N–H and O–H groups in total. The molecular weight excluding hydrogens is 176 g/mol. The molecule has 0 aliphatic heterocycles. The molecule has 0 heterocycles. The second-order valence-electron chi connectivity index (χ2n) is 1.85. The Hall–Kier alpha value is -0.843. The minimum absolute atomic E-state index is 0.149. The average molecular weight is 192 g/mol. The Morgan fingerprint density at radius 3 is 1.75 bits per heavy atom. The maximum Gasteiger partial charge on any atom is 0.302 e. The third-order valence-corrected chi connectivity index (χ3v) is 1.39. The van der Waals surface area contributed by atoms with Crippen molar-refractivity contribution < 1.29 is 18.8 Å². The van der Waals surface area contributed by atoms with E-state index in [-0.39, 0.29) is 11.9 Å². The molecule has 0 aromatic carbocycles. The summed E-state index contributed by atoms with van der Waals surface area (Å²) < 4.78 is 8.94. The molecule has 0 rings (SSSR count). The number of esters is 1. The lowest BCUT2D eigenvalue weighted by atomic mass is 10.8. The summed E-state index contributed by atoms with van der Waals surface area (Å²) in [5.74, 6) is -0.360. The Balaban J connectivity index is 0. The van der Waals surface area contributed by atoms with Crippen molar-refractivity contribution in [3.63, 3.8) is 0 Å². The van der Waals surface area contributed by atoms with E-state index in [2.05, 4.69) is 9.16 Å². The monoisotopic (exact) mass is 192 g/mol. The van der Waals surface area contributed by atoms with Gasteiger partial charge in [0, 0.05) is 13.8 Å². The van der Waals surface area contributed by atoms with Crippen molar-refractivity contribution in [3.8, 4) is 0 Å². The Kier molecular flexibility index (Phi) is 11.6. The van der Waals surface area contributed by atoms with E-state index in [1.165, 1.54) is 13.8 Å². The van der Waals surface area contributed by atoms with Crippen molar-refractivity contribution in [1.29, 1.82) is 0 Å². The van der Waals surface area contributed by atoms with E-state index in [0.29, 0.717) is 6.61 Å². The molecule has 0 fully saturated rings. The number of carbonyl (C=O) groups excluding carboxylic acids is 2. The molecule has 0 saturated heterocycles. The van der Waals surface area contributed by atoms with Crippen LogP contribution in [-0.2, 0) is 18.8 Å². The topological polar surface area (TPSA) is 52.6 Å². The minimum Gasteiger partial charge on any atom is -0.525 e. The summed E-state index contributed by atoms with van der Waals surface area (Å²) in [5.41, 5.74) is 0. The Bertz CT molecular complexity index is 119. The van der Waals surface area contributed by atoms with Crippen LogP contribution in [-0.4, -0.2) is 28.3 Å². The van der Waals surface area contributed by atoms with Gasteiger partial charge in [0.1, 0.15) is 0 Å². The molecule has 0 atom stereocenters. The van der Waals surface area contributed by atoms with E-state index in [9.17, 15) is 9.59 Å². The molecule has 0 spiro atoms.